The average molecular weight is 398 g/mol. The van der Waals surface area contributed by atoms with Crippen molar-refractivity contribution in [3.05, 3.63) is 94.0 Å². The van der Waals surface area contributed by atoms with Crippen LogP contribution in [-0.4, -0.2) is 16.8 Å². The Hall–Kier alpha value is -3.25. The Kier molecular flexibility index (Phi) is 6.01. The molecule has 1 aromatic heterocycles. The number of rotatable bonds is 5. The van der Waals surface area contributed by atoms with E-state index in [0.29, 0.717) is 17.8 Å². The van der Waals surface area contributed by atoms with Crippen LogP contribution in [0.25, 0.3) is 0 Å². The van der Waals surface area contributed by atoms with E-state index in [1.54, 1.807) is 0 Å². The smallest absolute Gasteiger partial charge is 0.274 e. The summed E-state index contributed by atoms with van der Waals surface area (Å²) in [6.07, 6.45) is 1.38. The molecule has 0 aliphatic rings. The second-order valence-electron chi connectivity index (χ2n) is 6.12. The lowest BCUT2D eigenvalue weighted by atomic mass is 10.1. The molecule has 28 heavy (non-hydrogen) atoms. The van der Waals surface area contributed by atoms with Gasteiger partial charge in [0.15, 0.2) is 0 Å². The summed E-state index contributed by atoms with van der Waals surface area (Å²) in [4.78, 5) is 28.8. The van der Waals surface area contributed by atoms with E-state index >= 15 is 0 Å². The third-order valence-electron chi connectivity index (χ3n) is 4.13. The summed E-state index contributed by atoms with van der Waals surface area (Å²) in [5.41, 5.74) is 2.79. The number of carbonyl (C=O) groups excluding carboxylic acids is 2. The fraction of sp³-hybridized carbons (Fsp3) is 0.0952. The van der Waals surface area contributed by atoms with Gasteiger partial charge in [0.1, 0.15) is 11.5 Å². The molecular formula is C21H17ClFN3O2. The number of aromatic nitrogens is 1. The number of anilines is 1. The Morgan fingerprint density at radius 2 is 1.86 bits per heavy atom. The van der Waals surface area contributed by atoms with E-state index < -0.39 is 11.7 Å². The monoisotopic (exact) mass is 397 g/mol. The van der Waals surface area contributed by atoms with E-state index in [1.807, 2.05) is 31.2 Å². The zero-order valence-electron chi connectivity index (χ0n) is 15.0. The third kappa shape index (κ3) is 4.72. The van der Waals surface area contributed by atoms with Crippen LogP contribution in [0.15, 0.2) is 60.8 Å². The summed E-state index contributed by atoms with van der Waals surface area (Å²) in [6.45, 7) is 2.35. The first kappa shape index (κ1) is 19.5. The molecule has 2 N–H and O–H groups in total. The van der Waals surface area contributed by atoms with Gasteiger partial charge in [-0.15, -0.1) is 0 Å². The highest BCUT2D eigenvalue weighted by Gasteiger charge is 2.13. The van der Waals surface area contributed by atoms with Crippen LogP contribution in [-0.2, 0) is 6.54 Å². The molecule has 0 unspecified atom stereocenters. The number of pyridine rings is 1. The highest BCUT2D eigenvalue weighted by Crippen LogP contribution is 2.19. The average Bonchev–Trinajstić information content (AvgIpc) is 2.70. The largest absolute Gasteiger partial charge is 0.348 e. The highest BCUT2D eigenvalue weighted by atomic mass is 35.5. The molecule has 1 heterocycles. The molecule has 0 radical (unpaired) electrons. The Bertz CT molecular complexity index is 1040. The van der Waals surface area contributed by atoms with Crippen LogP contribution in [0.3, 0.4) is 0 Å². The van der Waals surface area contributed by atoms with Gasteiger partial charge in [0, 0.05) is 24.0 Å². The lowest BCUT2D eigenvalue weighted by Crippen LogP contribution is -2.24. The summed E-state index contributed by atoms with van der Waals surface area (Å²) >= 11 is 5.71. The predicted molar refractivity (Wildman–Crippen MR) is 106 cm³/mol. The van der Waals surface area contributed by atoms with Gasteiger partial charge in [0.25, 0.3) is 11.8 Å². The van der Waals surface area contributed by atoms with Gasteiger partial charge >= 0.3 is 0 Å². The maximum Gasteiger partial charge on any atom is 0.274 e. The topological polar surface area (TPSA) is 71.1 Å². The van der Waals surface area contributed by atoms with Gasteiger partial charge in [-0.25, -0.2) is 4.39 Å². The fourth-order valence-electron chi connectivity index (χ4n) is 2.55. The maximum absolute atomic E-state index is 13.2. The molecule has 7 heteroatoms. The van der Waals surface area contributed by atoms with E-state index in [-0.39, 0.29) is 16.6 Å². The first-order valence-electron chi connectivity index (χ1n) is 8.49. The molecule has 0 aliphatic heterocycles. The Labute approximate surface area is 166 Å². The second-order valence-corrected chi connectivity index (χ2v) is 6.53. The molecule has 3 rings (SSSR count). The van der Waals surface area contributed by atoms with Gasteiger partial charge in [0.2, 0.25) is 0 Å². The van der Waals surface area contributed by atoms with Gasteiger partial charge in [-0.1, -0.05) is 35.9 Å². The van der Waals surface area contributed by atoms with Crippen LogP contribution in [0, 0.1) is 12.7 Å². The minimum atomic E-state index is -0.579. The van der Waals surface area contributed by atoms with Crippen LogP contribution in [0.2, 0.25) is 5.02 Å². The van der Waals surface area contributed by atoms with Gasteiger partial charge in [0.05, 0.1) is 5.02 Å². The van der Waals surface area contributed by atoms with Gasteiger partial charge in [-0.2, -0.15) is 0 Å². The van der Waals surface area contributed by atoms with Crippen molar-refractivity contribution in [2.45, 2.75) is 13.5 Å². The van der Waals surface area contributed by atoms with Crippen LogP contribution < -0.4 is 10.6 Å². The van der Waals surface area contributed by atoms with Crippen molar-refractivity contribution in [1.29, 1.82) is 0 Å². The number of hydrogen-bond donors (Lipinski definition) is 2. The summed E-state index contributed by atoms with van der Waals surface area (Å²) in [5, 5.41) is 5.30. The van der Waals surface area contributed by atoms with E-state index in [4.69, 9.17) is 11.6 Å². The Morgan fingerprint density at radius 3 is 2.61 bits per heavy atom. The van der Waals surface area contributed by atoms with Crippen LogP contribution in [0.4, 0.5) is 10.1 Å². The predicted octanol–water partition coefficient (Wildman–Crippen LogP) is 4.36. The molecule has 3 aromatic rings. The molecule has 5 nitrogen and oxygen atoms in total. The summed E-state index contributed by atoms with van der Waals surface area (Å²) < 4.78 is 13.2. The minimum Gasteiger partial charge on any atom is -0.348 e. The fourth-order valence-corrected chi connectivity index (χ4v) is 2.73. The molecule has 142 valence electrons. The molecule has 2 aromatic carbocycles. The summed E-state index contributed by atoms with van der Waals surface area (Å²) in [7, 11) is 0. The minimum absolute atomic E-state index is 0.0592. The number of nitrogens with one attached hydrogen (secondary N) is 2. The van der Waals surface area contributed by atoms with E-state index in [1.165, 1.54) is 30.5 Å². The number of nitrogens with zero attached hydrogens (tertiary/aromatic N) is 1. The lowest BCUT2D eigenvalue weighted by Gasteiger charge is -2.09. The van der Waals surface area contributed by atoms with Crippen LogP contribution in [0.5, 0.6) is 0 Å². The van der Waals surface area contributed by atoms with Crippen molar-refractivity contribution in [1.82, 2.24) is 10.3 Å². The van der Waals surface area contributed by atoms with Gasteiger partial charge in [-0.3, -0.25) is 14.6 Å². The van der Waals surface area contributed by atoms with Gasteiger partial charge < -0.3 is 10.6 Å². The number of benzene rings is 2. The first-order valence-corrected chi connectivity index (χ1v) is 8.87. The molecule has 0 spiro atoms. The lowest BCUT2D eigenvalue weighted by molar-refractivity contribution is 0.0950. The zero-order chi connectivity index (χ0) is 20.1. The van der Waals surface area contributed by atoms with E-state index in [0.717, 1.165) is 17.2 Å². The number of carbonyl (C=O) groups is 2. The second kappa shape index (κ2) is 8.63. The number of aryl methyl sites for hydroxylation is 1. The summed E-state index contributed by atoms with van der Waals surface area (Å²) in [5.74, 6) is -1.43. The molecule has 0 saturated heterocycles. The van der Waals surface area contributed by atoms with Crippen LogP contribution >= 0.6 is 11.6 Å². The Balaban J connectivity index is 1.68. The standard InChI is InChI=1S/C21H17ClFN3O2/c1-13-4-2-3-5-15(13)12-25-20(27)14-8-9-24-19(10-14)21(28)26-16-6-7-18(23)17(22)11-16/h2-11H,12H2,1H3,(H,25,27)(H,26,28). The van der Waals surface area contributed by atoms with Crippen molar-refractivity contribution >= 4 is 29.1 Å². The number of hydrogen-bond acceptors (Lipinski definition) is 3. The van der Waals surface area contributed by atoms with Crippen molar-refractivity contribution < 1.29 is 14.0 Å². The maximum atomic E-state index is 13.2. The first-order chi connectivity index (χ1) is 13.4. The van der Waals surface area contributed by atoms with Gasteiger partial charge in [-0.05, 0) is 48.4 Å². The molecule has 2 amide bonds. The molecule has 0 bridgehead atoms. The SMILES string of the molecule is Cc1ccccc1CNC(=O)c1ccnc(C(=O)Nc2ccc(F)c(Cl)c2)c1. The van der Waals surface area contributed by atoms with Crippen molar-refractivity contribution in [3.63, 3.8) is 0 Å². The van der Waals surface area contributed by atoms with Crippen molar-refractivity contribution in [3.8, 4) is 0 Å². The number of amides is 2. The van der Waals surface area contributed by atoms with Crippen molar-refractivity contribution in [2.75, 3.05) is 5.32 Å². The van der Waals surface area contributed by atoms with E-state index in [2.05, 4.69) is 15.6 Å². The molecule has 0 fully saturated rings. The zero-order valence-corrected chi connectivity index (χ0v) is 15.8. The third-order valence-corrected chi connectivity index (χ3v) is 4.42. The molecule has 0 atom stereocenters. The molecule has 0 saturated carbocycles. The van der Waals surface area contributed by atoms with Crippen LogP contribution in [0.1, 0.15) is 32.0 Å². The summed E-state index contributed by atoms with van der Waals surface area (Å²) in [6, 6.07) is 14.5. The Morgan fingerprint density at radius 1 is 1.07 bits per heavy atom. The number of halogens is 2. The normalized spacial score (nSPS) is 10.4. The molecular weight excluding hydrogens is 381 g/mol. The van der Waals surface area contributed by atoms with Crippen molar-refractivity contribution in [2.24, 2.45) is 0 Å². The highest BCUT2D eigenvalue weighted by molar-refractivity contribution is 6.31. The molecule has 0 aliphatic carbocycles. The van der Waals surface area contributed by atoms with E-state index in [9.17, 15) is 14.0 Å². The quantitative estimate of drug-likeness (QED) is 0.671.